The molecule has 1 aliphatic rings. The van der Waals surface area contributed by atoms with Crippen LogP contribution in [0.2, 0.25) is 5.02 Å². The Kier molecular flexibility index (Phi) is 6.42. The van der Waals surface area contributed by atoms with Gasteiger partial charge in [-0.05, 0) is 54.8 Å². The number of carbonyl (C=O) groups is 1. The van der Waals surface area contributed by atoms with E-state index in [-0.39, 0.29) is 4.90 Å². The van der Waals surface area contributed by atoms with Crippen LogP contribution >= 0.6 is 22.9 Å². The topological polar surface area (TPSA) is 84.0 Å². The van der Waals surface area contributed by atoms with E-state index >= 15 is 0 Å². The average Bonchev–Trinajstić information content (AvgIpc) is 3.50. The van der Waals surface area contributed by atoms with Gasteiger partial charge in [-0.2, -0.15) is 11.3 Å². The van der Waals surface area contributed by atoms with Crippen LogP contribution in [0.4, 0.5) is 10.7 Å². The summed E-state index contributed by atoms with van der Waals surface area (Å²) in [5.41, 5.74) is 4.43. The summed E-state index contributed by atoms with van der Waals surface area (Å²) in [6.45, 7) is 10.4. The summed E-state index contributed by atoms with van der Waals surface area (Å²) in [5.74, 6) is -1.28. The third-order valence-corrected chi connectivity index (χ3v) is 9.95. The number of carboxylic acids is 1. The molecule has 3 aromatic carbocycles. The smallest absolute Gasteiger partial charge is 0.310 e. The molecule has 1 aliphatic heterocycles. The third kappa shape index (κ3) is 4.25. The highest BCUT2D eigenvalue weighted by atomic mass is 35.5. The Balaban J connectivity index is 1.68. The number of aryl methyl sites for hydroxylation is 1. The van der Waals surface area contributed by atoms with Gasteiger partial charge in [0.1, 0.15) is 0 Å². The minimum atomic E-state index is -4.10. The monoisotopic (exact) mass is 587 g/mol. The van der Waals surface area contributed by atoms with Gasteiger partial charge in [-0.25, -0.2) is 17.2 Å². The van der Waals surface area contributed by atoms with Gasteiger partial charge in [0.2, 0.25) is 5.00 Å². The van der Waals surface area contributed by atoms with Gasteiger partial charge in [0.15, 0.2) is 0 Å². The van der Waals surface area contributed by atoms with Crippen molar-refractivity contribution in [3.63, 3.8) is 0 Å². The normalized spacial score (nSPS) is 13.8. The highest BCUT2D eigenvalue weighted by molar-refractivity contribution is 7.90. The number of aliphatic carboxylic acids is 1. The van der Waals surface area contributed by atoms with E-state index < -0.39 is 21.9 Å². The average molecular weight is 588 g/mol. The zero-order chi connectivity index (χ0) is 28.2. The molecule has 0 bridgehead atoms. The van der Waals surface area contributed by atoms with Crippen LogP contribution in [0.3, 0.4) is 0 Å². The van der Waals surface area contributed by atoms with Gasteiger partial charge in [0, 0.05) is 45.9 Å². The summed E-state index contributed by atoms with van der Waals surface area (Å²) in [5, 5.41) is 12.7. The van der Waals surface area contributed by atoms with Crippen molar-refractivity contribution in [1.82, 2.24) is 3.97 Å². The molecule has 10 heteroatoms. The lowest BCUT2D eigenvalue weighted by Crippen LogP contribution is -2.50. The maximum absolute atomic E-state index is 14.4. The van der Waals surface area contributed by atoms with Crippen LogP contribution in [-0.4, -0.2) is 36.6 Å². The Labute approximate surface area is 240 Å². The van der Waals surface area contributed by atoms with E-state index in [9.17, 15) is 18.3 Å². The van der Waals surface area contributed by atoms with Crippen LogP contribution in [0.1, 0.15) is 5.56 Å². The van der Waals surface area contributed by atoms with Gasteiger partial charge in [-0.15, -0.1) is 0 Å². The summed E-state index contributed by atoms with van der Waals surface area (Å²) in [6, 6.07) is 21.0. The molecule has 0 spiro atoms. The van der Waals surface area contributed by atoms with Crippen molar-refractivity contribution in [3.05, 3.63) is 100 Å². The van der Waals surface area contributed by atoms with Crippen molar-refractivity contribution < 1.29 is 18.3 Å². The maximum atomic E-state index is 14.4. The summed E-state index contributed by atoms with van der Waals surface area (Å²) in [4.78, 5) is 17.2. The molecule has 40 heavy (non-hydrogen) atoms. The van der Waals surface area contributed by atoms with Crippen molar-refractivity contribution >= 4 is 60.5 Å². The molecule has 0 radical (unpaired) electrons. The summed E-state index contributed by atoms with van der Waals surface area (Å²) in [7, 11) is -4.10. The Morgan fingerprint density at radius 2 is 1.82 bits per heavy atom. The second-order valence-electron chi connectivity index (χ2n) is 9.71. The molecule has 0 amide bonds. The molecule has 1 N–H and O–H groups in total. The molecule has 0 aliphatic carbocycles. The molecule has 200 valence electrons. The highest BCUT2D eigenvalue weighted by Gasteiger charge is 2.34. The van der Waals surface area contributed by atoms with Gasteiger partial charge in [0.05, 0.1) is 28.6 Å². The van der Waals surface area contributed by atoms with Gasteiger partial charge in [-0.1, -0.05) is 47.5 Å². The number of carboxylic acid groups (broad SMARTS) is 1. The third-order valence-electron chi connectivity index (χ3n) is 7.18. The van der Waals surface area contributed by atoms with Gasteiger partial charge in [0.25, 0.3) is 10.0 Å². The molecular formula is C30H22ClN3O4S2. The number of hydrogen-bond acceptors (Lipinski definition) is 5. The minimum Gasteiger partial charge on any atom is -0.481 e. The lowest BCUT2D eigenvalue weighted by molar-refractivity contribution is -0.142. The standard InChI is InChI=1S/C30H22ClN3O4S2/c1-18-6-9-23(10-7-18)40(37,38)34-26-11-8-21(31)15-25(26)27(24-12-13-39-29(24)32-2)28(34)19-4-3-5-22(14-19)33-16-20(17-33)30(35)36/h3-15,20H,16-17H2,1H3,(H,35,36). The number of fused-ring (bicyclic) bond motifs is 1. The molecule has 0 unspecified atom stereocenters. The summed E-state index contributed by atoms with van der Waals surface area (Å²) in [6.07, 6.45) is 0. The molecule has 7 nitrogen and oxygen atoms in total. The molecule has 0 saturated carbocycles. The first-order valence-corrected chi connectivity index (χ1v) is 15.1. The number of hydrogen-bond donors (Lipinski definition) is 1. The van der Waals surface area contributed by atoms with Crippen molar-refractivity contribution in [2.45, 2.75) is 11.8 Å². The molecule has 6 rings (SSSR count). The van der Waals surface area contributed by atoms with Crippen molar-refractivity contribution in [1.29, 1.82) is 0 Å². The van der Waals surface area contributed by atoms with E-state index in [4.69, 9.17) is 18.2 Å². The highest BCUT2D eigenvalue weighted by Crippen LogP contribution is 2.48. The van der Waals surface area contributed by atoms with Crippen LogP contribution in [0.5, 0.6) is 0 Å². The Morgan fingerprint density at radius 1 is 1.07 bits per heavy atom. The van der Waals surface area contributed by atoms with Crippen LogP contribution in [0, 0.1) is 19.4 Å². The second-order valence-corrected chi connectivity index (χ2v) is 12.8. The fourth-order valence-corrected chi connectivity index (χ4v) is 7.51. The number of anilines is 1. The number of halogens is 1. The van der Waals surface area contributed by atoms with Crippen LogP contribution in [-0.2, 0) is 14.8 Å². The predicted molar refractivity (Wildman–Crippen MR) is 159 cm³/mol. The maximum Gasteiger partial charge on any atom is 0.310 e. The first-order chi connectivity index (χ1) is 19.2. The Bertz CT molecular complexity index is 1950. The molecular weight excluding hydrogens is 566 g/mol. The molecule has 0 atom stereocenters. The second kappa shape index (κ2) is 9.82. The fourth-order valence-electron chi connectivity index (χ4n) is 5.11. The van der Waals surface area contributed by atoms with Gasteiger partial charge < -0.3 is 10.0 Å². The number of thiophene rings is 1. The predicted octanol–water partition coefficient (Wildman–Crippen LogP) is 7.31. The van der Waals surface area contributed by atoms with Gasteiger partial charge in [-0.3, -0.25) is 4.79 Å². The molecule has 1 saturated heterocycles. The molecule has 2 aromatic heterocycles. The van der Waals surface area contributed by atoms with E-state index in [0.29, 0.717) is 56.4 Å². The van der Waals surface area contributed by atoms with Crippen molar-refractivity contribution in [3.8, 4) is 22.4 Å². The van der Waals surface area contributed by atoms with E-state index in [0.717, 1.165) is 11.3 Å². The van der Waals surface area contributed by atoms with Crippen molar-refractivity contribution in [2.75, 3.05) is 18.0 Å². The Hall–Kier alpha value is -4.10. The van der Waals surface area contributed by atoms with Gasteiger partial charge >= 0.3 is 5.97 Å². The summed E-state index contributed by atoms with van der Waals surface area (Å²) >= 11 is 7.73. The van der Waals surface area contributed by atoms with Crippen LogP contribution in [0.15, 0.2) is 83.1 Å². The molecule has 3 heterocycles. The SMILES string of the molecule is [C-]#[N+]c1sccc1-c1c(-c2cccc(N3CC(C(=O)O)C3)c2)n(S(=O)(=O)c2ccc(C)cc2)c2ccc(Cl)cc12. The van der Waals surface area contributed by atoms with Crippen LogP contribution in [0.25, 0.3) is 38.1 Å². The van der Waals surface area contributed by atoms with E-state index in [1.54, 1.807) is 42.5 Å². The van der Waals surface area contributed by atoms with E-state index in [1.807, 2.05) is 47.5 Å². The number of rotatable bonds is 6. The quantitative estimate of drug-likeness (QED) is 0.211. The van der Waals surface area contributed by atoms with E-state index in [1.165, 1.54) is 15.3 Å². The van der Waals surface area contributed by atoms with Crippen molar-refractivity contribution in [2.24, 2.45) is 5.92 Å². The number of benzene rings is 3. The zero-order valence-electron chi connectivity index (χ0n) is 21.2. The number of nitrogens with zero attached hydrogens (tertiary/aromatic N) is 3. The zero-order valence-corrected chi connectivity index (χ0v) is 23.6. The largest absolute Gasteiger partial charge is 0.481 e. The van der Waals surface area contributed by atoms with E-state index in [2.05, 4.69) is 4.85 Å². The summed E-state index contributed by atoms with van der Waals surface area (Å²) < 4.78 is 30.1. The first kappa shape index (κ1) is 26.1. The fraction of sp³-hybridized carbons (Fsp3) is 0.133. The lowest BCUT2D eigenvalue weighted by atomic mass is 9.97. The van der Waals surface area contributed by atoms with Crippen LogP contribution < -0.4 is 4.90 Å². The molecule has 5 aromatic rings. The minimum absolute atomic E-state index is 0.136. The number of aromatic nitrogens is 1. The lowest BCUT2D eigenvalue weighted by Gasteiger charge is -2.38. The molecule has 1 fully saturated rings. The Morgan fingerprint density at radius 3 is 2.52 bits per heavy atom. The first-order valence-electron chi connectivity index (χ1n) is 12.4.